The van der Waals surface area contributed by atoms with E-state index in [1.807, 2.05) is 18.2 Å². The first-order valence-corrected chi connectivity index (χ1v) is 7.51. The summed E-state index contributed by atoms with van der Waals surface area (Å²) in [5, 5.41) is 14.4. The minimum atomic E-state index is -0.688. The van der Waals surface area contributed by atoms with Crippen LogP contribution < -0.4 is 11.5 Å². The Balaban J connectivity index is 2.33. The highest BCUT2D eigenvalue weighted by Crippen LogP contribution is 2.36. The van der Waals surface area contributed by atoms with Gasteiger partial charge in [0.15, 0.2) is 0 Å². The molecule has 0 aliphatic carbocycles. The Hall–Kier alpha value is -2.99. The number of nitrogens with zero attached hydrogens (tertiary/aromatic N) is 2. The summed E-state index contributed by atoms with van der Waals surface area (Å²) >= 11 is 6.21. The summed E-state index contributed by atoms with van der Waals surface area (Å²) in [6, 6.07) is 12.3. The molecule has 2 aromatic carbocycles. The Morgan fingerprint density at radius 3 is 2.50 bits per heavy atom. The highest BCUT2D eigenvalue weighted by atomic mass is 35.5. The smallest absolute Gasteiger partial charge is 0.254 e. The molecule has 0 bridgehead atoms. The lowest BCUT2D eigenvalue weighted by Crippen LogP contribution is -2.14. The number of phenols is 1. The monoisotopic (exact) mass is 342 g/mol. The summed E-state index contributed by atoms with van der Waals surface area (Å²) in [6.07, 6.45) is 0. The number of aromatic nitrogens is 2. The average Bonchev–Trinajstić information content (AvgIpc) is 2.90. The number of hydrogen-bond donors (Lipinski definition) is 3. The predicted molar refractivity (Wildman–Crippen MR) is 93.3 cm³/mol. The van der Waals surface area contributed by atoms with Crippen LogP contribution in [0.25, 0.3) is 16.9 Å². The van der Waals surface area contributed by atoms with E-state index in [0.717, 1.165) is 5.56 Å². The summed E-state index contributed by atoms with van der Waals surface area (Å²) in [5.74, 6) is -0.725. The van der Waals surface area contributed by atoms with Crippen molar-refractivity contribution in [3.63, 3.8) is 0 Å². The third-order valence-corrected chi connectivity index (χ3v) is 4.10. The summed E-state index contributed by atoms with van der Waals surface area (Å²) in [7, 11) is 0. The molecule has 0 atom stereocenters. The Kier molecular flexibility index (Phi) is 3.91. The molecule has 0 saturated carbocycles. The standard InChI is InChI=1S/C17H15ClN4O2/c1-9-7-8-11(23)13(18)15(9)22-16(19)12(17(20)24)14(21-22)10-5-3-2-4-6-10/h2-8,23H,19H2,1H3,(H2,20,24). The van der Waals surface area contributed by atoms with Gasteiger partial charge in [-0.3, -0.25) is 4.79 Å². The number of rotatable bonds is 3. The van der Waals surface area contributed by atoms with Gasteiger partial charge in [0, 0.05) is 5.56 Å². The number of carbonyl (C=O) groups is 1. The van der Waals surface area contributed by atoms with Gasteiger partial charge in [-0.25, -0.2) is 4.68 Å². The van der Waals surface area contributed by atoms with E-state index >= 15 is 0 Å². The number of benzene rings is 2. The number of aryl methyl sites for hydroxylation is 1. The van der Waals surface area contributed by atoms with Crippen molar-refractivity contribution >= 4 is 23.3 Å². The number of hydrogen-bond acceptors (Lipinski definition) is 4. The Morgan fingerprint density at radius 2 is 1.88 bits per heavy atom. The van der Waals surface area contributed by atoms with E-state index in [-0.39, 0.29) is 22.2 Å². The number of anilines is 1. The van der Waals surface area contributed by atoms with Gasteiger partial charge in [-0.05, 0) is 18.6 Å². The van der Waals surface area contributed by atoms with Gasteiger partial charge in [0.1, 0.15) is 27.8 Å². The number of primary amides is 1. The number of phenolic OH excluding ortho intramolecular Hbond substituents is 1. The summed E-state index contributed by atoms with van der Waals surface area (Å²) < 4.78 is 1.33. The molecule has 7 heteroatoms. The Bertz CT molecular complexity index is 936. The molecule has 1 amide bonds. The molecule has 1 aromatic heterocycles. The zero-order valence-electron chi connectivity index (χ0n) is 12.8. The van der Waals surface area contributed by atoms with Crippen molar-refractivity contribution in [1.29, 1.82) is 0 Å². The lowest BCUT2D eigenvalue weighted by atomic mass is 10.1. The van der Waals surface area contributed by atoms with Crippen LogP contribution in [0.2, 0.25) is 5.02 Å². The van der Waals surface area contributed by atoms with Gasteiger partial charge in [0.25, 0.3) is 5.91 Å². The zero-order valence-corrected chi connectivity index (χ0v) is 13.6. The Labute approximate surface area is 143 Å². The topological polar surface area (TPSA) is 107 Å². The van der Waals surface area contributed by atoms with E-state index in [1.165, 1.54) is 10.7 Å². The number of halogens is 1. The third kappa shape index (κ3) is 2.47. The summed E-state index contributed by atoms with van der Waals surface area (Å²) in [4.78, 5) is 11.9. The number of carbonyl (C=O) groups excluding carboxylic acids is 1. The van der Waals surface area contributed by atoms with Gasteiger partial charge in [-0.2, -0.15) is 5.10 Å². The highest BCUT2D eigenvalue weighted by molar-refractivity contribution is 6.34. The fourth-order valence-electron chi connectivity index (χ4n) is 2.55. The maximum absolute atomic E-state index is 11.9. The predicted octanol–water partition coefficient (Wildman–Crippen LogP) is 2.89. The molecule has 1 heterocycles. The largest absolute Gasteiger partial charge is 0.506 e. The van der Waals surface area contributed by atoms with E-state index in [0.29, 0.717) is 16.9 Å². The third-order valence-electron chi connectivity index (χ3n) is 3.72. The molecule has 0 unspecified atom stereocenters. The molecule has 0 fully saturated rings. The molecule has 0 spiro atoms. The first-order valence-electron chi connectivity index (χ1n) is 7.14. The second-order valence-electron chi connectivity index (χ2n) is 5.32. The minimum Gasteiger partial charge on any atom is -0.506 e. The maximum Gasteiger partial charge on any atom is 0.254 e. The fourth-order valence-corrected chi connectivity index (χ4v) is 2.85. The molecule has 0 aliphatic heterocycles. The van der Waals surface area contributed by atoms with Gasteiger partial charge in [-0.15, -0.1) is 0 Å². The molecular weight excluding hydrogens is 328 g/mol. The van der Waals surface area contributed by atoms with Crippen molar-refractivity contribution in [3.05, 3.63) is 58.6 Å². The van der Waals surface area contributed by atoms with Gasteiger partial charge >= 0.3 is 0 Å². The van der Waals surface area contributed by atoms with Crippen LogP contribution in [0, 0.1) is 6.92 Å². The van der Waals surface area contributed by atoms with E-state index in [4.69, 9.17) is 23.1 Å². The number of nitrogen functional groups attached to an aromatic ring is 1. The number of amides is 1. The number of nitrogens with two attached hydrogens (primary N) is 2. The van der Waals surface area contributed by atoms with Gasteiger partial charge in [0.05, 0.1) is 5.69 Å². The van der Waals surface area contributed by atoms with Crippen molar-refractivity contribution < 1.29 is 9.90 Å². The molecule has 3 rings (SSSR count). The molecule has 122 valence electrons. The van der Waals surface area contributed by atoms with E-state index in [1.54, 1.807) is 25.1 Å². The van der Waals surface area contributed by atoms with Gasteiger partial charge < -0.3 is 16.6 Å². The summed E-state index contributed by atoms with van der Waals surface area (Å²) in [6.45, 7) is 1.80. The van der Waals surface area contributed by atoms with Gasteiger partial charge in [0.2, 0.25) is 0 Å². The molecule has 24 heavy (non-hydrogen) atoms. The quantitative estimate of drug-likeness (QED) is 0.680. The normalized spacial score (nSPS) is 10.8. The van der Waals surface area contributed by atoms with Crippen LogP contribution in [-0.4, -0.2) is 20.8 Å². The molecule has 0 aliphatic rings. The zero-order chi connectivity index (χ0) is 17.4. The summed E-state index contributed by atoms with van der Waals surface area (Å²) in [5.41, 5.74) is 13.9. The molecule has 0 saturated heterocycles. The average molecular weight is 343 g/mol. The lowest BCUT2D eigenvalue weighted by Gasteiger charge is -2.11. The fraction of sp³-hybridized carbons (Fsp3) is 0.0588. The van der Waals surface area contributed by atoms with Gasteiger partial charge in [-0.1, -0.05) is 48.0 Å². The van der Waals surface area contributed by atoms with Crippen molar-refractivity contribution in [2.24, 2.45) is 5.73 Å². The lowest BCUT2D eigenvalue weighted by molar-refractivity contribution is 0.100. The molecule has 3 aromatic rings. The van der Waals surface area contributed by atoms with Crippen LogP contribution >= 0.6 is 11.6 Å². The number of aromatic hydroxyl groups is 1. The van der Waals surface area contributed by atoms with Crippen molar-refractivity contribution in [3.8, 4) is 22.7 Å². The molecule has 0 radical (unpaired) electrons. The SMILES string of the molecule is Cc1ccc(O)c(Cl)c1-n1nc(-c2ccccc2)c(C(N)=O)c1N. The molecule has 6 nitrogen and oxygen atoms in total. The second kappa shape index (κ2) is 5.90. The van der Waals surface area contributed by atoms with Crippen LogP contribution in [0.3, 0.4) is 0 Å². The molecular formula is C17H15ClN4O2. The van der Waals surface area contributed by atoms with Crippen LogP contribution in [0.5, 0.6) is 5.75 Å². The van der Waals surface area contributed by atoms with Crippen LogP contribution in [0.4, 0.5) is 5.82 Å². The van der Waals surface area contributed by atoms with Crippen LogP contribution in [0.1, 0.15) is 15.9 Å². The van der Waals surface area contributed by atoms with E-state index < -0.39 is 5.91 Å². The first-order chi connectivity index (χ1) is 11.4. The second-order valence-corrected chi connectivity index (χ2v) is 5.69. The minimum absolute atomic E-state index is 0.0666. The van der Waals surface area contributed by atoms with Crippen molar-refractivity contribution in [2.75, 3.05) is 5.73 Å². The first kappa shape index (κ1) is 15.9. The van der Waals surface area contributed by atoms with Crippen molar-refractivity contribution in [1.82, 2.24) is 9.78 Å². The van der Waals surface area contributed by atoms with E-state index in [9.17, 15) is 9.90 Å². The highest BCUT2D eigenvalue weighted by Gasteiger charge is 2.24. The Morgan fingerprint density at radius 1 is 1.21 bits per heavy atom. The van der Waals surface area contributed by atoms with Crippen LogP contribution in [-0.2, 0) is 0 Å². The molecule has 5 N–H and O–H groups in total. The van der Waals surface area contributed by atoms with Crippen LogP contribution in [0.15, 0.2) is 42.5 Å². The van der Waals surface area contributed by atoms with Crippen molar-refractivity contribution in [2.45, 2.75) is 6.92 Å². The van der Waals surface area contributed by atoms with E-state index in [2.05, 4.69) is 5.10 Å². The maximum atomic E-state index is 11.9.